The molecule has 0 aliphatic carbocycles. The number of halogens is 1. The van der Waals surface area contributed by atoms with Crippen molar-refractivity contribution in [3.05, 3.63) is 52.4 Å². The lowest BCUT2D eigenvalue weighted by atomic mass is 10.0. The van der Waals surface area contributed by atoms with Crippen LogP contribution in [0.5, 0.6) is 5.75 Å². The third kappa shape index (κ3) is 2.02. The summed E-state index contributed by atoms with van der Waals surface area (Å²) in [4.78, 5) is 12.1. The van der Waals surface area contributed by atoms with Gasteiger partial charge in [-0.05, 0) is 30.2 Å². The molecule has 0 saturated heterocycles. The first kappa shape index (κ1) is 12.2. The molecule has 0 aliphatic rings. The first-order valence-corrected chi connectivity index (χ1v) is 7.06. The minimum absolute atomic E-state index is 0.161. The van der Waals surface area contributed by atoms with Crippen molar-refractivity contribution in [3.8, 4) is 5.75 Å². The monoisotopic (exact) mass is 318 g/mol. The van der Waals surface area contributed by atoms with Crippen LogP contribution in [0.15, 0.2) is 45.6 Å². The number of phenolic OH excluding ortho intramolecular Hbond substituents is 1. The van der Waals surface area contributed by atoms with Crippen LogP contribution in [-0.4, -0.2) is 10.4 Å². The van der Waals surface area contributed by atoms with Gasteiger partial charge in [-0.1, -0.05) is 34.1 Å². The molecule has 0 unspecified atom stereocenters. The number of aryl methyl sites for hydroxylation is 1. The van der Waals surface area contributed by atoms with E-state index in [9.17, 15) is 9.90 Å². The largest absolute Gasteiger partial charge is 0.508 e. The Bertz CT molecular complexity index is 821. The Morgan fingerprint density at radius 2 is 2.00 bits per heavy atom. The Hall–Kier alpha value is -1.81. The Kier molecular flexibility index (Phi) is 3.03. The molecule has 0 amide bonds. The van der Waals surface area contributed by atoms with E-state index >= 15 is 0 Å². The maximum absolute atomic E-state index is 12.1. The fourth-order valence-electron chi connectivity index (χ4n) is 2.34. The van der Waals surface area contributed by atoms with Gasteiger partial charge in [0.2, 0.25) is 0 Å². The molecular weight excluding hydrogens is 308 g/mol. The zero-order valence-electron chi connectivity index (χ0n) is 10.0. The Labute approximate surface area is 117 Å². The van der Waals surface area contributed by atoms with E-state index in [0.717, 1.165) is 28.1 Å². The summed E-state index contributed by atoms with van der Waals surface area (Å²) in [5.41, 5.74) is 1.12. The number of alkyl halides is 1. The highest BCUT2D eigenvalue weighted by atomic mass is 79.9. The van der Waals surface area contributed by atoms with Gasteiger partial charge in [0.15, 0.2) is 0 Å². The summed E-state index contributed by atoms with van der Waals surface area (Å²) in [6, 6.07) is 10.5. The number of aromatic hydroxyl groups is 1. The summed E-state index contributed by atoms with van der Waals surface area (Å²) < 4.78 is 5.33. The van der Waals surface area contributed by atoms with Gasteiger partial charge in [-0.3, -0.25) is 0 Å². The molecule has 1 N–H and O–H groups in total. The van der Waals surface area contributed by atoms with E-state index in [1.165, 1.54) is 6.07 Å². The van der Waals surface area contributed by atoms with E-state index in [1.807, 2.05) is 18.2 Å². The van der Waals surface area contributed by atoms with Crippen molar-refractivity contribution in [3.63, 3.8) is 0 Å². The molecule has 0 atom stereocenters. The second-order valence-corrected chi connectivity index (χ2v) is 5.14. The number of phenols is 1. The van der Waals surface area contributed by atoms with Crippen LogP contribution < -0.4 is 5.63 Å². The molecule has 1 heterocycles. The quantitative estimate of drug-likeness (QED) is 0.446. The molecule has 0 aliphatic heterocycles. The molecule has 3 nitrogen and oxygen atoms in total. The van der Waals surface area contributed by atoms with Gasteiger partial charge in [-0.25, -0.2) is 4.79 Å². The third-order valence-corrected chi connectivity index (χ3v) is 3.57. The fraction of sp³-hybridized carbons (Fsp3) is 0.133. The van der Waals surface area contributed by atoms with Crippen LogP contribution in [-0.2, 0) is 6.42 Å². The van der Waals surface area contributed by atoms with Gasteiger partial charge in [-0.2, -0.15) is 0 Å². The average Bonchev–Trinajstić information content (AvgIpc) is 2.40. The first-order valence-electron chi connectivity index (χ1n) is 5.94. The molecular formula is C15H11BrO3. The Morgan fingerprint density at radius 3 is 2.79 bits per heavy atom. The highest BCUT2D eigenvalue weighted by molar-refractivity contribution is 9.09. The van der Waals surface area contributed by atoms with E-state index in [1.54, 1.807) is 12.1 Å². The van der Waals surface area contributed by atoms with Crippen molar-refractivity contribution in [2.45, 2.75) is 6.42 Å². The van der Waals surface area contributed by atoms with E-state index in [0.29, 0.717) is 11.0 Å². The predicted molar refractivity (Wildman–Crippen MR) is 79.2 cm³/mol. The lowest BCUT2D eigenvalue weighted by Crippen LogP contribution is -2.04. The first-order chi connectivity index (χ1) is 9.20. The lowest BCUT2D eigenvalue weighted by Gasteiger charge is -2.06. The van der Waals surface area contributed by atoms with Crippen LogP contribution in [0.2, 0.25) is 0 Å². The topological polar surface area (TPSA) is 50.4 Å². The standard InChI is InChI=1S/C15H11BrO3/c16-7-6-9-2-1-3-11-12-8-10(17)4-5-13(12)19-15(18)14(9)11/h1-5,8,17H,6-7H2. The summed E-state index contributed by atoms with van der Waals surface area (Å²) in [5, 5.41) is 12.6. The number of hydrogen-bond acceptors (Lipinski definition) is 3. The van der Waals surface area contributed by atoms with E-state index < -0.39 is 0 Å². The van der Waals surface area contributed by atoms with Gasteiger partial charge >= 0.3 is 5.63 Å². The molecule has 3 aromatic rings. The molecule has 0 radical (unpaired) electrons. The Morgan fingerprint density at radius 1 is 1.16 bits per heavy atom. The molecule has 4 heteroatoms. The van der Waals surface area contributed by atoms with Crippen LogP contribution >= 0.6 is 15.9 Å². The third-order valence-electron chi connectivity index (χ3n) is 3.17. The van der Waals surface area contributed by atoms with Crippen molar-refractivity contribution in [1.29, 1.82) is 0 Å². The fourth-order valence-corrected chi connectivity index (χ4v) is 2.77. The number of hydrogen-bond donors (Lipinski definition) is 1. The van der Waals surface area contributed by atoms with Gasteiger partial charge in [0.1, 0.15) is 11.3 Å². The number of fused-ring (bicyclic) bond motifs is 3. The van der Waals surface area contributed by atoms with Crippen LogP contribution in [0.1, 0.15) is 5.56 Å². The van der Waals surface area contributed by atoms with Crippen molar-refractivity contribution < 1.29 is 9.52 Å². The molecule has 3 rings (SSSR count). The van der Waals surface area contributed by atoms with Crippen molar-refractivity contribution in [2.24, 2.45) is 0 Å². The highest BCUT2D eigenvalue weighted by Gasteiger charge is 2.11. The second-order valence-electron chi connectivity index (χ2n) is 4.35. The van der Waals surface area contributed by atoms with Gasteiger partial charge < -0.3 is 9.52 Å². The van der Waals surface area contributed by atoms with Crippen LogP contribution in [0.3, 0.4) is 0 Å². The van der Waals surface area contributed by atoms with Gasteiger partial charge in [-0.15, -0.1) is 0 Å². The summed E-state index contributed by atoms with van der Waals surface area (Å²) in [7, 11) is 0. The zero-order valence-corrected chi connectivity index (χ0v) is 11.6. The molecule has 2 aromatic carbocycles. The minimum Gasteiger partial charge on any atom is -0.508 e. The molecule has 0 spiro atoms. The van der Waals surface area contributed by atoms with Crippen molar-refractivity contribution >= 4 is 37.7 Å². The molecule has 0 saturated carbocycles. The number of rotatable bonds is 2. The summed E-state index contributed by atoms with van der Waals surface area (Å²) in [6.45, 7) is 0. The maximum Gasteiger partial charge on any atom is 0.344 e. The summed E-state index contributed by atoms with van der Waals surface area (Å²) in [6.07, 6.45) is 0.756. The van der Waals surface area contributed by atoms with Crippen LogP contribution in [0.25, 0.3) is 21.7 Å². The lowest BCUT2D eigenvalue weighted by molar-refractivity contribution is 0.475. The summed E-state index contributed by atoms with van der Waals surface area (Å²) >= 11 is 3.39. The number of benzene rings is 2. The van der Waals surface area contributed by atoms with Gasteiger partial charge in [0.25, 0.3) is 0 Å². The van der Waals surface area contributed by atoms with Crippen LogP contribution in [0.4, 0.5) is 0 Å². The van der Waals surface area contributed by atoms with Crippen LogP contribution in [0, 0.1) is 0 Å². The predicted octanol–water partition coefficient (Wildman–Crippen LogP) is 3.59. The smallest absolute Gasteiger partial charge is 0.344 e. The molecule has 19 heavy (non-hydrogen) atoms. The van der Waals surface area contributed by atoms with Gasteiger partial charge in [0, 0.05) is 16.1 Å². The van der Waals surface area contributed by atoms with Crippen molar-refractivity contribution in [2.75, 3.05) is 5.33 Å². The second kappa shape index (κ2) is 4.70. The Balaban J connectivity index is 2.51. The normalized spacial score (nSPS) is 11.2. The molecule has 0 fully saturated rings. The van der Waals surface area contributed by atoms with E-state index in [4.69, 9.17) is 4.42 Å². The van der Waals surface area contributed by atoms with Crippen molar-refractivity contribution in [1.82, 2.24) is 0 Å². The molecule has 1 aromatic heterocycles. The summed E-state index contributed by atoms with van der Waals surface area (Å²) in [5.74, 6) is 0.161. The van der Waals surface area contributed by atoms with Gasteiger partial charge in [0.05, 0.1) is 5.39 Å². The SMILES string of the molecule is O=c1oc2ccc(O)cc2c2cccc(CCBr)c12. The highest BCUT2D eigenvalue weighted by Crippen LogP contribution is 2.28. The minimum atomic E-state index is -0.329. The van der Waals surface area contributed by atoms with E-state index in [-0.39, 0.29) is 11.4 Å². The zero-order chi connectivity index (χ0) is 13.4. The molecule has 0 bridgehead atoms. The molecule has 96 valence electrons. The van der Waals surface area contributed by atoms with E-state index in [2.05, 4.69) is 15.9 Å². The maximum atomic E-state index is 12.1. The average molecular weight is 319 g/mol.